The maximum atomic E-state index is 11.7. The predicted octanol–water partition coefficient (Wildman–Crippen LogP) is 1.67. The summed E-state index contributed by atoms with van der Waals surface area (Å²) >= 11 is 0. The molecule has 11 nitrogen and oxygen atoms in total. The van der Waals surface area contributed by atoms with Crippen molar-refractivity contribution >= 4 is 29.0 Å². The fraction of sp³-hybridized carbons (Fsp3) is 0.360. The number of nitrogen functional groups attached to an aromatic ring is 1. The van der Waals surface area contributed by atoms with Gasteiger partial charge in [0.2, 0.25) is 11.9 Å². The Balaban J connectivity index is 1.23. The van der Waals surface area contributed by atoms with Gasteiger partial charge in [-0.1, -0.05) is 0 Å². The van der Waals surface area contributed by atoms with Crippen LogP contribution in [-0.4, -0.2) is 83.0 Å². The van der Waals surface area contributed by atoms with Gasteiger partial charge in [0.25, 0.3) is 0 Å². The number of hydrogen-bond acceptors (Lipinski definition) is 10. The summed E-state index contributed by atoms with van der Waals surface area (Å²) in [5.41, 5.74) is 9.08. The van der Waals surface area contributed by atoms with Gasteiger partial charge >= 0.3 is 0 Å². The van der Waals surface area contributed by atoms with E-state index in [-0.39, 0.29) is 12.0 Å². The first-order chi connectivity index (χ1) is 17.6. The van der Waals surface area contributed by atoms with Crippen LogP contribution in [0.3, 0.4) is 0 Å². The van der Waals surface area contributed by atoms with Gasteiger partial charge in [0.1, 0.15) is 24.3 Å². The quantitative estimate of drug-likeness (QED) is 0.418. The fourth-order valence-corrected chi connectivity index (χ4v) is 4.29. The van der Waals surface area contributed by atoms with E-state index in [2.05, 4.69) is 25.2 Å². The lowest BCUT2D eigenvalue weighted by Crippen LogP contribution is -2.36. The van der Waals surface area contributed by atoms with E-state index in [0.717, 1.165) is 30.2 Å². The molecule has 11 heteroatoms. The van der Waals surface area contributed by atoms with Crippen molar-refractivity contribution in [3.8, 4) is 17.0 Å². The molecule has 2 aromatic heterocycles. The standard InChI is InChI=1S/C25H29N7O4/c26-20-13-17(1-3-22(20)36-19-6-8-32(15-19)24(34)16-33)21-5-7-27-25(30-21)29-18-2-4-23(28-14-18)31-9-11-35-12-10-31/h1-5,7,13-14,19,33H,6,8-12,15-16,26H2,(H,27,29,30)/t19-/m1/s1. The summed E-state index contributed by atoms with van der Waals surface area (Å²) in [6, 6.07) is 11.3. The highest BCUT2D eigenvalue weighted by Crippen LogP contribution is 2.30. The van der Waals surface area contributed by atoms with E-state index in [9.17, 15) is 4.79 Å². The van der Waals surface area contributed by atoms with E-state index in [4.69, 9.17) is 20.3 Å². The fourth-order valence-electron chi connectivity index (χ4n) is 4.29. The van der Waals surface area contributed by atoms with E-state index in [1.807, 2.05) is 36.4 Å². The zero-order chi connectivity index (χ0) is 24.9. The number of carbonyl (C=O) groups excluding carboxylic acids is 1. The maximum absolute atomic E-state index is 11.7. The Kier molecular flexibility index (Phi) is 7.10. The molecule has 1 aromatic carbocycles. The average molecular weight is 492 g/mol. The minimum absolute atomic E-state index is 0.160. The number of rotatable bonds is 7. The van der Waals surface area contributed by atoms with Gasteiger partial charge < -0.3 is 35.4 Å². The second kappa shape index (κ2) is 10.8. The summed E-state index contributed by atoms with van der Waals surface area (Å²) in [5.74, 6) is 1.64. The van der Waals surface area contributed by atoms with Gasteiger partial charge in [0.15, 0.2) is 0 Å². The average Bonchev–Trinajstić information content (AvgIpc) is 3.39. The number of morpholine rings is 1. The topological polar surface area (TPSA) is 139 Å². The Morgan fingerprint density at radius 3 is 2.78 bits per heavy atom. The minimum atomic E-state index is -0.490. The molecular weight excluding hydrogens is 462 g/mol. The molecular formula is C25H29N7O4. The van der Waals surface area contributed by atoms with Crippen LogP contribution in [0.1, 0.15) is 6.42 Å². The van der Waals surface area contributed by atoms with Gasteiger partial charge in [-0.2, -0.15) is 0 Å². The number of likely N-dealkylation sites (tertiary alicyclic amines) is 1. The molecule has 3 aromatic rings. The number of hydrogen-bond donors (Lipinski definition) is 3. The molecule has 0 aliphatic carbocycles. The number of nitrogens with zero attached hydrogens (tertiary/aromatic N) is 5. The second-order valence-electron chi connectivity index (χ2n) is 8.67. The lowest BCUT2D eigenvalue weighted by Gasteiger charge is -2.27. The monoisotopic (exact) mass is 491 g/mol. The Morgan fingerprint density at radius 2 is 2.03 bits per heavy atom. The molecule has 2 aliphatic rings. The lowest BCUT2D eigenvalue weighted by molar-refractivity contribution is -0.133. The summed E-state index contributed by atoms with van der Waals surface area (Å²) in [4.78, 5) is 29.0. The zero-order valence-electron chi connectivity index (χ0n) is 19.8. The number of aliphatic hydroxyl groups is 1. The van der Waals surface area contributed by atoms with E-state index in [1.54, 1.807) is 17.3 Å². The molecule has 0 spiro atoms. The molecule has 2 saturated heterocycles. The van der Waals surface area contributed by atoms with Crippen LogP contribution in [0.4, 0.5) is 23.1 Å². The van der Waals surface area contributed by atoms with Gasteiger partial charge in [-0.25, -0.2) is 15.0 Å². The summed E-state index contributed by atoms with van der Waals surface area (Å²) in [5, 5.41) is 12.2. The number of carbonyl (C=O) groups is 1. The van der Waals surface area contributed by atoms with Gasteiger partial charge in [-0.05, 0) is 36.4 Å². The third-order valence-corrected chi connectivity index (χ3v) is 6.23. The molecule has 4 N–H and O–H groups in total. The number of aliphatic hydroxyl groups excluding tert-OH is 1. The number of anilines is 4. The molecule has 36 heavy (non-hydrogen) atoms. The minimum Gasteiger partial charge on any atom is -0.486 e. The third-order valence-electron chi connectivity index (χ3n) is 6.23. The SMILES string of the molecule is Nc1cc(-c2ccnc(Nc3ccc(N4CCOCC4)nc3)n2)ccc1O[C@@H]1CCN(C(=O)CO)C1. The largest absolute Gasteiger partial charge is 0.486 e. The molecule has 1 amide bonds. The van der Waals surface area contributed by atoms with E-state index in [1.165, 1.54) is 0 Å². The number of ether oxygens (including phenoxy) is 2. The Bertz CT molecular complexity index is 1200. The van der Waals surface area contributed by atoms with Crippen LogP contribution >= 0.6 is 0 Å². The van der Waals surface area contributed by atoms with Crippen LogP contribution < -0.4 is 20.7 Å². The van der Waals surface area contributed by atoms with Crippen LogP contribution in [0.2, 0.25) is 0 Å². The molecule has 0 unspecified atom stereocenters. The first kappa shape index (κ1) is 23.8. The van der Waals surface area contributed by atoms with Crippen LogP contribution in [0, 0.1) is 0 Å². The molecule has 188 valence electrons. The number of aromatic nitrogens is 3. The number of benzene rings is 1. The Hall–Kier alpha value is -3.96. The van der Waals surface area contributed by atoms with Gasteiger partial charge in [-0.3, -0.25) is 4.79 Å². The highest BCUT2D eigenvalue weighted by molar-refractivity contribution is 5.77. The normalized spacial score (nSPS) is 17.8. The molecule has 0 radical (unpaired) electrons. The van der Waals surface area contributed by atoms with Crippen LogP contribution in [0.25, 0.3) is 11.3 Å². The van der Waals surface area contributed by atoms with Crippen molar-refractivity contribution in [3.63, 3.8) is 0 Å². The molecule has 5 rings (SSSR count). The smallest absolute Gasteiger partial charge is 0.248 e. The van der Waals surface area contributed by atoms with Crippen molar-refractivity contribution in [1.82, 2.24) is 19.9 Å². The van der Waals surface area contributed by atoms with Crippen LogP contribution in [0.15, 0.2) is 48.8 Å². The van der Waals surface area contributed by atoms with Crippen molar-refractivity contribution in [2.24, 2.45) is 0 Å². The summed E-state index contributed by atoms with van der Waals surface area (Å²) in [7, 11) is 0. The van der Waals surface area contributed by atoms with Gasteiger partial charge in [0, 0.05) is 37.8 Å². The summed E-state index contributed by atoms with van der Waals surface area (Å²) in [6.07, 6.45) is 3.98. The zero-order valence-corrected chi connectivity index (χ0v) is 19.8. The van der Waals surface area contributed by atoms with Crippen molar-refractivity contribution in [1.29, 1.82) is 0 Å². The van der Waals surface area contributed by atoms with E-state index >= 15 is 0 Å². The van der Waals surface area contributed by atoms with Gasteiger partial charge in [-0.15, -0.1) is 0 Å². The van der Waals surface area contributed by atoms with E-state index < -0.39 is 6.61 Å². The third kappa shape index (κ3) is 5.47. The molecule has 0 bridgehead atoms. The van der Waals surface area contributed by atoms with Crippen LogP contribution in [0.5, 0.6) is 5.75 Å². The second-order valence-corrected chi connectivity index (χ2v) is 8.67. The molecule has 1 atom stereocenters. The summed E-state index contributed by atoms with van der Waals surface area (Å²) in [6.45, 7) is 3.60. The number of amides is 1. The predicted molar refractivity (Wildman–Crippen MR) is 135 cm³/mol. The van der Waals surface area contributed by atoms with Crippen molar-refractivity contribution in [2.45, 2.75) is 12.5 Å². The Labute approximate surface area is 208 Å². The number of nitrogens with two attached hydrogens (primary N) is 1. The summed E-state index contributed by atoms with van der Waals surface area (Å²) < 4.78 is 11.4. The number of nitrogens with one attached hydrogen (secondary N) is 1. The lowest BCUT2D eigenvalue weighted by atomic mass is 10.1. The molecule has 0 saturated carbocycles. The molecule has 2 fully saturated rings. The molecule has 4 heterocycles. The molecule has 2 aliphatic heterocycles. The van der Waals surface area contributed by atoms with Gasteiger partial charge in [0.05, 0.1) is 43.0 Å². The van der Waals surface area contributed by atoms with Crippen molar-refractivity contribution < 1.29 is 19.4 Å². The number of pyridine rings is 1. The van der Waals surface area contributed by atoms with Crippen molar-refractivity contribution in [3.05, 3.63) is 48.8 Å². The Morgan fingerprint density at radius 1 is 1.17 bits per heavy atom. The van der Waals surface area contributed by atoms with Crippen LogP contribution in [-0.2, 0) is 9.53 Å². The van der Waals surface area contributed by atoms with E-state index in [0.29, 0.717) is 55.8 Å². The first-order valence-electron chi connectivity index (χ1n) is 11.9. The van der Waals surface area contributed by atoms with Crippen molar-refractivity contribution in [2.75, 3.05) is 62.0 Å². The maximum Gasteiger partial charge on any atom is 0.248 e. The highest BCUT2D eigenvalue weighted by atomic mass is 16.5. The first-order valence-corrected chi connectivity index (χ1v) is 11.9. The highest BCUT2D eigenvalue weighted by Gasteiger charge is 2.27.